The average Bonchev–Trinajstić information content (AvgIpc) is 3.03. The third-order valence-corrected chi connectivity index (χ3v) is 4.71. The molecule has 0 unspecified atom stereocenters. The fourth-order valence-electron chi connectivity index (χ4n) is 2.13. The molecule has 0 spiro atoms. The number of aromatic nitrogens is 1. The van der Waals surface area contributed by atoms with E-state index in [0.29, 0.717) is 21.6 Å². The van der Waals surface area contributed by atoms with Crippen LogP contribution in [0.3, 0.4) is 0 Å². The van der Waals surface area contributed by atoms with Gasteiger partial charge in [0, 0.05) is 10.9 Å². The maximum absolute atomic E-state index is 13.1. The Morgan fingerprint density at radius 2 is 2.00 bits per heavy atom. The molecule has 0 atom stereocenters. The number of carbonyl (C=O) groups excluding carboxylic acids is 1. The number of nitrogens with zero attached hydrogens (tertiary/aromatic N) is 1. The Kier molecular flexibility index (Phi) is 5.22. The lowest BCUT2D eigenvalue weighted by Gasteiger charge is -2.05. The van der Waals surface area contributed by atoms with Gasteiger partial charge in [-0.15, -0.1) is 11.3 Å². The molecule has 8 heteroatoms. The van der Waals surface area contributed by atoms with Gasteiger partial charge in [-0.05, 0) is 36.4 Å². The molecule has 3 rings (SSSR count). The van der Waals surface area contributed by atoms with E-state index in [2.05, 4.69) is 10.3 Å². The maximum atomic E-state index is 13.1. The van der Waals surface area contributed by atoms with Crippen LogP contribution in [-0.4, -0.2) is 18.0 Å². The number of hydrogen-bond acceptors (Lipinski definition) is 4. The monoisotopic (exact) mass is 396 g/mol. The number of ether oxygens (including phenoxy) is 1. The summed E-state index contributed by atoms with van der Waals surface area (Å²) in [6, 6.07) is 8.88. The van der Waals surface area contributed by atoms with Crippen molar-refractivity contribution >= 4 is 45.6 Å². The number of halogens is 3. The normalized spacial score (nSPS) is 10.6. The SMILES string of the molecule is COc1ccc(-c2csc(NC(=O)c3ccc(F)cc3Cl)n2)cc1Cl. The molecular weight excluding hydrogens is 386 g/mol. The maximum Gasteiger partial charge on any atom is 0.258 e. The Hall–Kier alpha value is -2.15. The summed E-state index contributed by atoms with van der Waals surface area (Å²) in [5.74, 6) is -0.395. The molecule has 0 fully saturated rings. The number of thiazole rings is 1. The lowest BCUT2D eigenvalue weighted by atomic mass is 10.2. The summed E-state index contributed by atoms with van der Waals surface area (Å²) < 4.78 is 18.2. The van der Waals surface area contributed by atoms with Crippen LogP contribution in [-0.2, 0) is 0 Å². The van der Waals surface area contributed by atoms with Gasteiger partial charge in [-0.1, -0.05) is 23.2 Å². The molecule has 0 saturated carbocycles. The number of rotatable bonds is 4. The van der Waals surface area contributed by atoms with Gasteiger partial charge < -0.3 is 4.74 Å². The molecule has 1 amide bonds. The predicted molar refractivity (Wildman–Crippen MR) is 98.5 cm³/mol. The second-order valence-corrected chi connectivity index (χ2v) is 6.64. The molecule has 4 nitrogen and oxygen atoms in total. The molecule has 1 heterocycles. The van der Waals surface area contributed by atoms with Gasteiger partial charge in [0.1, 0.15) is 11.6 Å². The first kappa shape index (κ1) is 17.7. The van der Waals surface area contributed by atoms with Gasteiger partial charge in [0.2, 0.25) is 0 Å². The zero-order valence-corrected chi connectivity index (χ0v) is 15.2. The first-order chi connectivity index (χ1) is 12.0. The van der Waals surface area contributed by atoms with Crippen molar-refractivity contribution in [2.24, 2.45) is 0 Å². The van der Waals surface area contributed by atoms with Crippen LogP contribution in [0.4, 0.5) is 9.52 Å². The molecule has 1 aromatic heterocycles. The fraction of sp³-hybridized carbons (Fsp3) is 0.0588. The molecule has 0 aliphatic heterocycles. The summed E-state index contributed by atoms with van der Waals surface area (Å²) in [6.07, 6.45) is 0. The van der Waals surface area contributed by atoms with Crippen LogP contribution >= 0.6 is 34.5 Å². The van der Waals surface area contributed by atoms with Crippen LogP contribution in [0.1, 0.15) is 10.4 Å². The number of anilines is 1. The van der Waals surface area contributed by atoms with Crippen LogP contribution in [0.15, 0.2) is 41.8 Å². The lowest BCUT2D eigenvalue weighted by Crippen LogP contribution is -2.12. The Morgan fingerprint density at radius 3 is 2.68 bits per heavy atom. The zero-order chi connectivity index (χ0) is 18.0. The van der Waals surface area contributed by atoms with Gasteiger partial charge in [-0.2, -0.15) is 0 Å². The molecule has 25 heavy (non-hydrogen) atoms. The highest BCUT2D eigenvalue weighted by Gasteiger charge is 2.14. The van der Waals surface area contributed by atoms with Crippen molar-refractivity contribution in [3.63, 3.8) is 0 Å². The van der Waals surface area contributed by atoms with Crippen molar-refractivity contribution in [1.29, 1.82) is 0 Å². The van der Waals surface area contributed by atoms with E-state index in [1.165, 1.54) is 30.6 Å². The Balaban J connectivity index is 1.79. The number of nitrogens with one attached hydrogen (secondary N) is 1. The lowest BCUT2D eigenvalue weighted by molar-refractivity contribution is 0.102. The van der Waals surface area contributed by atoms with Crippen LogP contribution in [0.25, 0.3) is 11.3 Å². The molecule has 1 N–H and O–H groups in total. The number of benzene rings is 2. The highest BCUT2D eigenvalue weighted by Crippen LogP contribution is 2.32. The van der Waals surface area contributed by atoms with E-state index in [4.69, 9.17) is 27.9 Å². The molecule has 3 aromatic rings. The van der Waals surface area contributed by atoms with Crippen LogP contribution in [0, 0.1) is 5.82 Å². The van der Waals surface area contributed by atoms with Crippen molar-refractivity contribution < 1.29 is 13.9 Å². The molecule has 2 aromatic carbocycles. The molecule has 128 valence electrons. The van der Waals surface area contributed by atoms with E-state index >= 15 is 0 Å². The number of methoxy groups -OCH3 is 1. The number of hydrogen-bond donors (Lipinski definition) is 1. The average molecular weight is 397 g/mol. The van der Waals surface area contributed by atoms with E-state index in [1.807, 2.05) is 6.07 Å². The quantitative estimate of drug-likeness (QED) is 0.631. The second kappa shape index (κ2) is 7.39. The zero-order valence-electron chi connectivity index (χ0n) is 12.8. The third-order valence-electron chi connectivity index (χ3n) is 3.35. The summed E-state index contributed by atoms with van der Waals surface area (Å²) in [4.78, 5) is 16.6. The van der Waals surface area contributed by atoms with Gasteiger partial charge in [-0.25, -0.2) is 9.37 Å². The first-order valence-corrected chi connectivity index (χ1v) is 8.67. The van der Waals surface area contributed by atoms with Gasteiger partial charge in [0.25, 0.3) is 5.91 Å². The molecule has 0 saturated heterocycles. The van der Waals surface area contributed by atoms with E-state index in [1.54, 1.807) is 17.5 Å². The van der Waals surface area contributed by atoms with Gasteiger partial charge >= 0.3 is 0 Å². The largest absolute Gasteiger partial charge is 0.495 e. The van der Waals surface area contributed by atoms with Crippen LogP contribution in [0.5, 0.6) is 5.75 Å². The Bertz CT molecular complexity index is 946. The number of amides is 1. The van der Waals surface area contributed by atoms with Gasteiger partial charge in [0.05, 0.1) is 28.4 Å². The predicted octanol–water partition coefficient (Wildman–Crippen LogP) is 5.52. The van der Waals surface area contributed by atoms with Crippen molar-refractivity contribution in [3.8, 4) is 17.0 Å². The summed E-state index contributed by atoms with van der Waals surface area (Å²) in [7, 11) is 1.54. The highest BCUT2D eigenvalue weighted by molar-refractivity contribution is 7.14. The summed E-state index contributed by atoms with van der Waals surface area (Å²) in [5, 5.41) is 5.34. The molecular formula is C17H11Cl2FN2O2S. The van der Waals surface area contributed by atoms with Gasteiger partial charge in [0.15, 0.2) is 5.13 Å². The van der Waals surface area contributed by atoms with Crippen molar-refractivity contribution in [2.45, 2.75) is 0 Å². The number of carbonyl (C=O) groups is 1. The summed E-state index contributed by atoms with van der Waals surface area (Å²) in [5.41, 5.74) is 1.63. The van der Waals surface area contributed by atoms with E-state index < -0.39 is 11.7 Å². The second-order valence-electron chi connectivity index (χ2n) is 4.97. The third kappa shape index (κ3) is 3.92. The minimum Gasteiger partial charge on any atom is -0.495 e. The molecule has 0 aliphatic carbocycles. The minimum absolute atomic E-state index is 0.0382. The van der Waals surface area contributed by atoms with Crippen LogP contribution in [0.2, 0.25) is 10.0 Å². The standard InChI is InChI=1S/C17H11Cl2FN2O2S/c1-24-15-5-2-9(6-13(15)19)14-8-25-17(21-14)22-16(23)11-4-3-10(20)7-12(11)18/h2-8H,1H3,(H,21,22,23). The topological polar surface area (TPSA) is 51.2 Å². The van der Waals surface area contributed by atoms with Gasteiger partial charge in [-0.3, -0.25) is 10.1 Å². The highest BCUT2D eigenvalue weighted by atomic mass is 35.5. The molecule has 0 radical (unpaired) electrons. The molecule has 0 aliphatic rings. The first-order valence-electron chi connectivity index (χ1n) is 7.04. The minimum atomic E-state index is -0.505. The summed E-state index contributed by atoms with van der Waals surface area (Å²) >= 11 is 13.3. The van der Waals surface area contributed by atoms with E-state index in [-0.39, 0.29) is 10.6 Å². The summed E-state index contributed by atoms with van der Waals surface area (Å²) in [6.45, 7) is 0. The fourth-order valence-corrected chi connectivity index (χ4v) is 3.35. The van der Waals surface area contributed by atoms with Crippen molar-refractivity contribution in [3.05, 3.63) is 63.2 Å². The Morgan fingerprint density at radius 1 is 1.20 bits per heavy atom. The van der Waals surface area contributed by atoms with E-state index in [0.717, 1.165) is 11.6 Å². The smallest absolute Gasteiger partial charge is 0.258 e. The molecule has 0 bridgehead atoms. The van der Waals surface area contributed by atoms with Crippen LogP contribution < -0.4 is 10.1 Å². The van der Waals surface area contributed by atoms with Crippen molar-refractivity contribution in [2.75, 3.05) is 12.4 Å². The van der Waals surface area contributed by atoms with Crippen molar-refractivity contribution in [1.82, 2.24) is 4.98 Å². The Labute approximate surface area is 157 Å². The van der Waals surface area contributed by atoms with E-state index in [9.17, 15) is 9.18 Å².